The van der Waals surface area contributed by atoms with Gasteiger partial charge in [0.1, 0.15) is 0 Å². The van der Waals surface area contributed by atoms with Crippen LogP contribution in [0.2, 0.25) is 0 Å². The SMILES string of the molecule is Cc1ccc(C(=O)O)cc1NC(=O)CCC(C)(C)CCN. The Labute approximate surface area is 125 Å². The number of anilines is 1. The molecule has 21 heavy (non-hydrogen) atoms. The Hall–Kier alpha value is -1.88. The summed E-state index contributed by atoms with van der Waals surface area (Å²) in [4.78, 5) is 23.0. The first kappa shape index (κ1) is 17.2. The molecule has 0 aliphatic heterocycles. The van der Waals surface area contributed by atoms with E-state index in [1.807, 2.05) is 6.92 Å². The van der Waals surface area contributed by atoms with E-state index >= 15 is 0 Å². The molecule has 0 atom stereocenters. The van der Waals surface area contributed by atoms with Crippen molar-refractivity contribution in [2.45, 2.75) is 40.0 Å². The van der Waals surface area contributed by atoms with Crippen molar-refractivity contribution in [3.05, 3.63) is 29.3 Å². The van der Waals surface area contributed by atoms with Gasteiger partial charge in [-0.2, -0.15) is 0 Å². The summed E-state index contributed by atoms with van der Waals surface area (Å²) < 4.78 is 0. The van der Waals surface area contributed by atoms with E-state index in [1.165, 1.54) is 12.1 Å². The molecular weight excluding hydrogens is 268 g/mol. The van der Waals surface area contributed by atoms with Crippen LogP contribution < -0.4 is 11.1 Å². The predicted octanol–water partition coefficient (Wildman–Crippen LogP) is 2.79. The molecule has 0 heterocycles. The average molecular weight is 292 g/mol. The summed E-state index contributed by atoms with van der Waals surface area (Å²) in [6.45, 7) is 6.61. The van der Waals surface area contributed by atoms with Crippen molar-refractivity contribution in [1.29, 1.82) is 0 Å². The second-order valence-electron chi connectivity index (χ2n) is 6.09. The third-order valence-corrected chi connectivity index (χ3v) is 3.61. The van der Waals surface area contributed by atoms with Gasteiger partial charge in [0.15, 0.2) is 0 Å². The highest BCUT2D eigenvalue weighted by Crippen LogP contribution is 2.26. The topological polar surface area (TPSA) is 92.4 Å². The highest BCUT2D eigenvalue weighted by Gasteiger charge is 2.18. The van der Waals surface area contributed by atoms with E-state index in [1.54, 1.807) is 6.07 Å². The predicted molar refractivity (Wildman–Crippen MR) is 83.5 cm³/mol. The van der Waals surface area contributed by atoms with Crippen LogP contribution in [0.3, 0.4) is 0 Å². The van der Waals surface area contributed by atoms with E-state index in [0.717, 1.165) is 18.4 Å². The number of benzene rings is 1. The number of amides is 1. The van der Waals surface area contributed by atoms with Crippen LogP contribution in [0.1, 0.15) is 49.0 Å². The van der Waals surface area contributed by atoms with Crippen LogP contribution in [0.4, 0.5) is 5.69 Å². The zero-order valence-electron chi connectivity index (χ0n) is 12.9. The van der Waals surface area contributed by atoms with E-state index in [0.29, 0.717) is 18.7 Å². The van der Waals surface area contributed by atoms with Crippen molar-refractivity contribution in [3.8, 4) is 0 Å². The van der Waals surface area contributed by atoms with Crippen LogP contribution in [-0.4, -0.2) is 23.5 Å². The molecular formula is C16H24N2O3. The minimum atomic E-state index is -1.01. The second-order valence-corrected chi connectivity index (χ2v) is 6.09. The summed E-state index contributed by atoms with van der Waals surface area (Å²) in [6, 6.07) is 4.70. The lowest BCUT2D eigenvalue weighted by Crippen LogP contribution is -2.21. The van der Waals surface area contributed by atoms with Crippen LogP contribution in [0.15, 0.2) is 18.2 Å². The number of rotatable bonds is 7. The Morgan fingerprint density at radius 2 is 1.95 bits per heavy atom. The quantitative estimate of drug-likeness (QED) is 0.720. The first-order valence-electron chi connectivity index (χ1n) is 7.09. The summed E-state index contributed by atoms with van der Waals surface area (Å²) >= 11 is 0. The largest absolute Gasteiger partial charge is 0.478 e. The fourth-order valence-electron chi connectivity index (χ4n) is 2.07. The third kappa shape index (κ3) is 5.55. The maximum atomic E-state index is 12.0. The van der Waals surface area contributed by atoms with Gasteiger partial charge in [0, 0.05) is 12.1 Å². The Kier molecular flexibility index (Phi) is 5.90. The van der Waals surface area contributed by atoms with Crippen LogP contribution >= 0.6 is 0 Å². The van der Waals surface area contributed by atoms with E-state index < -0.39 is 5.97 Å². The molecule has 116 valence electrons. The zero-order valence-corrected chi connectivity index (χ0v) is 12.9. The summed E-state index contributed by atoms with van der Waals surface area (Å²) in [6.07, 6.45) is 2.01. The van der Waals surface area contributed by atoms with Crippen molar-refractivity contribution in [2.75, 3.05) is 11.9 Å². The van der Waals surface area contributed by atoms with Crippen molar-refractivity contribution >= 4 is 17.6 Å². The molecule has 0 spiro atoms. The number of aromatic carboxylic acids is 1. The molecule has 0 aliphatic carbocycles. The maximum Gasteiger partial charge on any atom is 0.335 e. The Bertz CT molecular complexity index is 524. The first-order chi connectivity index (χ1) is 9.75. The van der Waals surface area contributed by atoms with Crippen molar-refractivity contribution in [1.82, 2.24) is 0 Å². The molecule has 1 rings (SSSR count). The monoisotopic (exact) mass is 292 g/mol. The highest BCUT2D eigenvalue weighted by molar-refractivity contribution is 5.94. The Morgan fingerprint density at radius 3 is 2.52 bits per heavy atom. The van der Waals surface area contributed by atoms with Gasteiger partial charge in [-0.3, -0.25) is 4.79 Å². The van der Waals surface area contributed by atoms with Gasteiger partial charge in [-0.25, -0.2) is 4.79 Å². The molecule has 0 aliphatic rings. The highest BCUT2D eigenvalue weighted by atomic mass is 16.4. The minimum absolute atomic E-state index is 0.0318. The van der Waals surface area contributed by atoms with Crippen molar-refractivity contribution < 1.29 is 14.7 Å². The van der Waals surface area contributed by atoms with Crippen LogP contribution in [0, 0.1) is 12.3 Å². The molecule has 0 unspecified atom stereocenters. The zero-order chi connectivity index (χ0) is 16.0. The van der Waals surface area contributed by atoms with Crippen molar-refractivity contribution in [2.24, 2.45) is 11.1 Å². The lowest BCUT2D eigenvalue weighted by molar-refractivity contribution is -0.116. The normalized spacial score (nSPS) is 11.2. The van der Waals surface area contributed by atoms with Gasteiger partial charge in [0.2, 0.25) is 5.91 Å². The number of carboxylic acids is 1. The van der Waals surface area contributed by atoms with Gasteiger partial charge in [0.05, 0.1) is 5.56 Å². The number of nitrogens with one attached hydrogen (secondary N) is 1. The molecule has 0 radical (unpaired) electrons. The molecule has 5 nitrogen and oxygen atoms in total. The number of aryl methyl sites for hydroxylation is 1. The van der Waals surface area contributed by atoms with Crippen molar-refractivity contribution in [3.63, 3.8) is 0 Å². The van der Waals surface area contributed by atoms with Gasteiger partial charge < -0.3 is 16.2 Å². The molecule has 0 aromatic heterocycles. The molecule has 0 fully saturated rings. The maximum absolute atomic E-state index is 12.0. The average Bonchev–Trinajstić information content (AvgIpc) is 2.39. The molecule has 0 saturated carbocycles. The van der Waals surface area contributed by atoms with E-state index in [9.17, 15) is 9.59 Å². The molecule has 4 N–H and O–H groups in total. The van der Waals surface area contributed by atoms with Crippen LogP contribution in [-0.2, 0) is 4.79 Å². The molecule has 0 saturated heterocycles. The smallest absolute Gasteiger partial charge is 0.335 e. The number of carboxylic acid groups (broad SMARTS) is 1. The summed E-state index contributed by atoms with van der Waals surface area (Å²) in [5.41, 5.74) is 7.15. The molecule has 5 heteroatoms. The fraction of sp³-hybridized carbons (Fsp3) is 0.500. The summed E-state index contributed by atoms with van der Waals surface area (Å²) in [7, 11) is 0. The van der Waals surface area contributed by atoms with Crippen LogP contribution in [0.25, 0.3) is 0 Å². The number of nitrogens with two attached hydrogens (primary N) is 1. The lowest BCUT2D eigenvalue weighted by Gasteiger charge is -2.23. The number of carbonyl (C=O) groups is 2. The first-order valence-corrected chi connectivity index (χ1v) is 7.09. The summed E-state index contributed by atoms with van der Waals surface area (Å²) in [5, 5.41) is 11.8. The number of carbonyl (C=O) groups excluding carboxylic acids is 1. The van der Waals surface area contributed by atoms with Crippen LogP contribution in [0.5, 0.6) is 0 Å². The molecule has 1 aromatic rings. The van der Waals surface area contributed by atoms with Gasteiger partial charge >= 0.3 is 5.97 Å². The summed E-state index contributed by atoms with van der Waals surface area (Å²) in [5.74, 6) is -1.11. The molecule has 1 aromatic carbocycles. The van der Waals surface area contributed by atoms with Gasteiger partial charge in [0.25, 0.3) is 0 Å². The van der Waals surface area contributed by atoms with Gasteiger partial charge in [-0.05, 0) is 49.4 Å². The Morgan fingerprint density at radius 1 is 1.29 bits per heavy atom. The standard InChI is InChI=1S/C16H24N2O3/c1-11-4-5-12(15(20)21)10-13(11)18-14(19)6-7-16(2,3)8-9-17/h4-5,10H,6-9,17H2,1-3H3,(H,18,19)(H,20,21). The van der Waals surface area contributed by atoms with Gasteiger partial charge in [-0.15, -0.1) is 0 Å². The molecule has 1 amide bonds. The lowest BCUT2D eigenvalue weighted by atomic mass is 9.84. The van der Waals surface area contributed by atoms with E-state index in [-0.39, 0.29) is 16.9 Å². The van der Waals surface area contributed by atoms with E-state index in [2.05, 4.69) is 19.2 Å². The molecule has 0 bridgehead atoms. The van der Waals surface area contributed by atoms with Gasteiger partial charge in [-0.1, -0.05) is 19.9 Å². The minimum Gasteiger partial charge on any atom is -0.478 e. The number of hydrogen-bond donors (Lipinski definition) is 3. The number of hydrogen-bond acceptors (Lipinski definition) is 3. The Balaban J connectivity index is 2.67. The second kappa shape index (κ2) is 7.22. The fourth-order valence-corrected chi connectivity index (χ4v) is 2.07. The third-order valence-electron chi connectivity index (χ3n) is 3.61. The van der Waals surface area contributed by atoms with E-state index in [4.69, 9.17) is 10.8 Å².